The molecule has 49 heavy (non-hydrogen) atoms. The summed E-state index contributed by atoms with van der Waals surface area (Å²) in [6, 6.07) is 67.9. The topological polar surface area (TPSA) is 13.1 Å². The number of hydrogen-bond donors (Lipinski definition) is 0. The van der Waals surface area contributed by atoms with Crippen LogP contribution in [0.3, 0.4) is 0 Å². The van der Waals surface area contributed by atoms with Gasteiger partial charge in [-0.2, -0.15) is 0 Å². The molecule has 0 aliphatic rings. The minimum atomic E-state index is 1.11. The second-order valence-corrected chi connectivity index (χ2v) is 12.6. The zero-order valence-corrected chi connectivity index (χ0v) is 26.7. The first-order valence-corrected chi connectivity index (χ1v) is 16.8. The van der Waals surface area contributed by atoms with Crippen molar-refractivity contribution in [1.29, 1.82) is 0 Å². The molecule has 2 aromatic heterocycles. The monoisotopic (exact) mass is 625 g/mol. The maximum Gasteiger partial charge on any atom is 0.0804 e. The van der Waals surface area contributed by atoms with Crippen molar-refractivity contribution in [2.75, 3.05) is 4.90 Å². The molecule has 0 N–H and O–H groups in total. The third kappa shape index (κ3) is 4.23. The summed E-state index contributed by atoms with van der Waals surface area (Å²) < 4.78 is 4.99. The number of hydrogen-bond acceptors (Lipinski definition) is 1. The standard InChI is InChI=1S/C46H31N3/c1-3-19-34(20-4-1)47(35-21-5-2-6-22-35)36-29-30-44-40(31-36)46-45(49(44)42-28-14-18-33-16-8-10-24-38(33)42)39-25-11-12-26-43(39)48(46)41-27-13-17-32-15-7-9-23-37(32)41/h1-31H. The summed E-state index contributed by atoms with van der Waals surface area (Å²) in [6.45, 7) is 0. The molecule has 0 amide bonds. The Morgan fingerprint density at radius 3 is 1.35 bits per heavy atom. The van der Waals surface area contributed by atoms with Crippen molar-refractivity contribution in [3.05, 3.63) is 188 Å². The fourth-order valence-corrected chi connectivity index (χ4v) is 7.77. The van der Waals surface area contributed by atoms with E-state index in [1.54, 1.807) is 0 Å². The fourth-order valence-electron chi connectivity index (χ4n) is 7.77. The molecule has 0 atom stereocenters. The van der Waals surface area contributed by atoms with Crippen LogP contribution < -0.4 is 4.90 Å². The molecule has 230 valence electrons. The summed E-state index contributed by atoms with van der Waals surface area (Å²) in [6.07, 6.45) is 0. The SMILES string of the molecule is c1ccc(N(c2ccccc2)c2ccc3c(c2)c2c(c4ccccc4n2-c2cccc4ccccc24)n3-c2cccc3ccccc23)cc1. The first kappa shape index (κ1) is 27.5. The summed E-state index contributed by atoms with van der Waals surface area (Å²) in [5.74, 6) is 0. The molecule has 3 heteroatoms. The predicted molar refractivity (Wildman–Crippen MR) is 207 cm³/mol. The van der Waals surface area contributed by atoms with Gasteiger partial charge in [0.25, 0.3) is 0 Å². The van der Waals surface area contributed by atoms with E-state index in [1.807, 2.05) is 0 Å². The number of anilines is 3. The lowest BCUT2D eigenvalue weighted by Gasteiger charge is -2.25. The molecule has 0 aliphatic heterocycles. The molecule has 0 unspecified atom stereocenters. The van der Waals surface area contributed by atoms with E-state index in [-0.39, 0.29) is 0 Å². The van der Waals surface area contributed by atoms with E-state index >= 15 is 0 Å². The second kappa shape index (κ2) is 11.0. The van der Waals surface area contributed by atoms with Crippen molar-refractivity contribution in [2.45, 2.75) is 0 Å². The van der Waals surface area contributed by atoms with Gasteiger partial charge in [0, 0.05) is 38.6 Å². The average molecular weight is 626 g/mol. The zero-order chi connectivity index (χ0) is 32.3. The van der Waals surface area contributed by atoms with E-state index in [1.165, 1.54) is 65.8 Å². The van der Waals surface area contributed by atoms with Gasteiger partial charge in [-0.1, -0.05) is 127 Å². The molecule has 0 aliphatic carbocycles. The molecule has 0 fully saturated rings. The highest BCUT2D eigenvalue weighted by molar-refractivity contribution is 6.21. The van der Waals surface area contributed by atoms with Crippen LogP contribution in [0.2, 0.25) is 0 Å². The van der Waals surface area contributed by atoms with Gasteiger partial charge in [0.05, 0.1) is 33.4 Å². The van der Waals surface area contributed by atoms with Gasteiger partial charge < -0.3 is 14.0 Å². The summed E-state index contributed by atoms with van der Waals surface area (Å²) in [4.78, 5) is 2.35. The first-order valence-electron chi connectivity index (χ1n) is 16.8. The summed E-state index contributed by atoms with van der Waals surface area (Å²) >= 11 is 0. The lowest BCUT2D eigenvalue weighted by molar-refractivity contribution is 1.19. The first-order chi connectivity index (χ1) is 24.3. The Hall–Kier alpha value is -6.58. The van der Waals surface area contributed by atoms with Crippen molar-refractivity contribution in [3.63, 3.8) is 0 Å². The molecule has 0 spiro atoms. The number of fused-ring (bicyclic) bond motifs is 7. The van der Waals surface area contributed by atoms with Crippen LogP contribution in [0.4, 0.5) is 17.1 Å². The highest BCUT2D eigenvalue weighted by Gasteiger charge is 2.24. The van der Waals surface area contributed by atoms with Gasteiger partial charge in [-0.25, -0.2) is 0 Å². The van der Waals surface area contributed by atoms with E-state index in [0.29, 0.717) is 0 Å². The summed E-state index contributed by atoms with van der Waals surface area (Å²) in [5.41, 5.74) is 10.5. The molecular formula is C46H31N3. The van der Waals surface area contributed by atoms with Crippen molar-refractivity contribution in [3.8, 4) is 11.4 Å². The zero-order valence-electron chi connectivity index (χ0n) is 26.7. The third-order valence-corrected chi connectivity index (χ3v) is 9.85. The van der Waals surface area contributed by atoms with Crippen molar-refractivity contribution < 1.29 is 0 Å². The Kier molecular flexibility index (Phi) is 6.18. The van der Waals surface area contributed by atoms with Crippen molar-refractivity contribution in [1.82, 2.24) is 9.13 Å². The molecule has 0 radical (unpaired) electrons. The lowest BCUT2D eigenvalue weighted by Crippen LogP contribution is -2.09. The molecule has 8 aromatic carbocycles. The molecule has 10 aromatic rings. The second-order valence-electron chi connectivity index (χ2n) is 12.6. The molecule has 0 saturated heterocycles. The van der Waals surface area contributed by atoms with Crippen molar-refractivity contribution in [2.24, 2.45) is 0 Å². The third-order valence-electron chi connectivity index (χ3n) is 9.85. The smallest absolute Gasteiger partial charge is 0.0804 e. The van der Waals surface area contributed by atoms with Crippen LogP contribution in [0, 0.1) is 0 Å². The van der Waals surface area contributed by atoms with Gasteiger partial charge in [0.2, 0.25) is 0 Å². The Morgan fingerprint density at radius 1 is 0.306 bits per heavy atom. The van der Waals surface area contributed by atoms with Gasteiger partial charge >= 0.3 is 0 Å². The van der Waals surface area contributed by atoms with Crippen molar-refractivity contribution >= 4 is 71.4 Å². The molecule has 10 rings (SSSR count). The fraction of sp³-hybridized carbons (Fsp3) is 0. The highest BCUT2D eigenvalue weighted by Crippen LogP contribution is 2.45. The Morgan fingerprint density at radius 2 is 0.755 bits per heavy atom. The Balaban J connectivity index is 1.39. The largest absolute Gasteiger partial charge is 0.310 e. The van der Waals surface area contributed by atoms with E-state index in [0.717, 1.165) is 17.1 Å². The number of rotatable bonds is 5. The predicted octanol–water partition coefficient (Wildman–Crippen LogP) is 12.5. The minimum absolute atomic E-state index is 1.11. The Bertz CT molecular complexity index is 2700. The molecular weight excluding hydrogens is 595 g/mol. The van der Waals surface area contributed by atoms with Crippen LogP contribution in [0.1, 0.15) is 0 Å². The van der Waals surface area contributed by atoms with Gasteiger partial charge in [0.15, 0.2) is 0 Å². The van der Waals surface area contributed by atoms with Crippen LogP contribution in [0.25, 0.3) is 65.8 Å². The van der Waals surface area contributed by atoms with E-state index in [9.17, 15) is 0 Å². The Labute approximate surface area is 284 Å². The van der Waals surface area contributed by atoms with E-state index in [2.05, 4.69) is 202 Å². The van der Waals surface area contributed by atoms with Crippen LogP contribution in [0.5, 0.6) is 0 Å². The van der Waals surface area contributed by atoms with E-state index < -0.39 is 0 Å². The lowest BCUT2D eigenvalue weighted by atomic mass is 10.1. The average Bonchev–Trinajstić information content (AvgIpc) is 3.68. The minimum Gasteiger partial charge on any atom is -0.310 e. The molecule has 2 heterocycles. The van der Waals surface area contributed by atoms with Crippen LogP contribution in [-0.4, -0.2) is 9.13 Å². The summed E-state index contributed by atoms with van der Waals surface area (Å²) in [7, 11) is 0. The van der Waals surface area contributed by atoms with Gasteiger partial charge in [-0.3, -0.25) is 0 Å². The van der Waals surface area contributed by atoms with Crippen LogP contribution >= 0.6 is 0 Å². The van der Waals surface area contributed by atoms with Gasteiger partial charge in [-0.15, -0.1) is 0 Å². The number of aromatic nitrogens is 2. The maximum absolute atomic E-state index is 2.50. The number of para-hydroxylation sites is 3. The molecule has 0 saturated carbocycles. The number of nitrogens with zero attached hydrogens (tertiary/aromatic N) is 3. The van der Waals surface area contributed by atoms with Gasteiger partial charge in [0.1, 0.15) is 0 Å². The number of benzene rings is 8. The summed E-state index contributed by atoms with van der Waals surface area (Å²) in [5, 5.41) is 7.32. The highest BCUT2D eigenvalue weighted by atomic mass is 15.1. The van der Waals surface area contributed by atoms with E-state index in [4.69, 9.17) is 0 Å². The molecule has 0 bridgehead atoms. The van der Waals surface area contributed by atoms with Crippen LogP contribution in [-0.2, 0) is 0 Å². The maximum atomic E-state index is 2.50. The normalized spacial score (nSPS) is 11.7. The van der Waals surface area contributed by atoms with Gasteiger partial charge in [-0.05, 0) is 71.4 Å². The molecule has 3 nitrogen and oxygen atoms in total. The van der Waals surface area contributed by atoms with Crippen LogP contribution in [0.15, 0.2) is 188 Å². The quantitative estimate of drug-likeness (QED) is 0.185.